The van der Waals surface area contributed by atoms with Crippen molar-refractivity contribution in [2.24, 2.45) is 11.7 Å². The molecule has 2 heterocycles. The standard InChI is InChI=1S/C17H19F2N3O2/c1-10-6-22-15(7-21-10)16-4-11(8-23)17(20,9-24-16)13-3-2-12(18)5-14(13)19/h2-3,5-7,11,16,23H,4,8-9,20H2,1H3/t11-,16+,17-/m0/s1. The lowest BCUT2D eigenvalue weighted by atomic mass is 9.74. The van der Waals surface area contributed by atoms with Gasteiger partial charge in [0.1, 0.15) is 17.7 Å². The Morgan fingerprint density at radius 1 is 1.33 bits per heavy atom. The molecule has 0 bridgehead atoms. The highest BCUT2D eigenvalue weighted by atomic mass is 19.1. The fraction of sp³-hybridized carbons (Fsp3) is 0.412. The zero-order valence-electron chi connectivity index (χ0n) is 13.2. The van der Waals surface area contributed by atoms with Gasteiger partial charge in [0.15, 0.2) is 0 Å². The van der Waals surface area contributed by atoms with E-state index in [1.807, 2.05) is 6.92 Å². The first-order valence-electron chi connectivity index (χ1n) is 7.69. The average molecular weight is 335 g/mol. The van der Waals surface area contributed by atoms with E-state index in [1.165, 1.54) is 6.07 Å². The zero-order chi connectivity index (χ0) is 17.3. The molecule has 5 nitrogen and oxygen atoms in total. The summed E-state index contributed by atoms with van der Waals surface area (Å²) in [5, 5.41) is 9.77. The number of halogens is 2. The molecule has 1 aliphatic rings. The van der Waals surface area contributed by atoms with Gasteiger partial charge in [-0.1, -0.05) is 6.07 Å². The second-order valence-electron chi connectivity index (χ2n) is 6.16. The van der Waals surface area contributed by atoms with E-state index >= 15 is 0 Å². The molecule has 1 aliphatic heterocycles. The molecule has 0 radical (unpaired) electrons. The van der Waals surface area contributed by atoms with Gasteiger partial charge in [-0.25, -0.2) is 8.78 Å². The largest absolute Gasteiger partial charge is 0.396 e. The minimum Gasteiger partial charge on any atom is -0.396 e. The Balaban J connectivity index is 1.88. The Hall–Kier alpha value is -1.96. The number of aliphatic hydroxyl groups is 1. The Morgan fingerprint density at radius 3 is 2.75 bits per heavy atom. The first-order valence-corrected chi connectivity index (χ1v) is 7.69. The molecule has 0 aliphatic carbocycles. The van der Waals surface area contributed by atoms with Crippen LogP contribution in [0.25, 0.3) is 0 Å². The molecule has 0 saturated carbocycles. The molecule has 1 fully saturated rings. The highest BCUT2D eigenvalue weighted by Crippen LogP contribution is 2.41. The lowest BCUT2D eigenvalue weighted by Gasteiger charge is -2.43. The Bertz CT molecular complexity index is 726. The third-order valence-corrected chi connectivity index (χ3v) is 4.53. The maximum Gasteiger partial charge on any atom is 0.131 e. The molecule has 7 heteroatoms. The normalized spacial score (nSPS) is 27.2. The van der Waals surface area contributed by atoms with E-state index in [-0.39, 0.29) is 24.9 Å². The van der Waals surface area contributed by atoms with Gasteiger partial charge in [0.2, 0.25) is 0 Å². The molecular weight excluding hydrogens is 316 g/mol. The zero-order valence-corrected chi connectivity index (χ0v) is 13.2. The lowest BCUT2D eigenvalue weighted by Crippen LogP contribution is -2.53. The van der Waals surface area contributed by atoms with Gasteiger partial charge in [0.25, 0.3) is 0 Å². The van der Waals surface area contributed by atoms with Crippen LogP contribution in [0, 0.1) is 24.5 Å². The second-order valence-corrected chi connectivity index (χ2v) is 6.16. The molecule has 3 atom stereocenters. The molecular formula is C17H19F2N3O2. The van der Waals surface area contributed by atoms with Gasteiger partial charge in [-0.15, -0.1) is 0 Å². The van der Waals surface area contributed by atoms with Crippen LogP contribution < -0.4 is 5.73 Å². The van der Waals surface area contributed by atoms with Crippen molar-refractivity contribution in [2.45, 2.75) is 25.0 Å². The van der Waals surface area contributed by atoms with Gasteiger partial charge < -0.3 is 15.6 Å². The second kappa shape index (κ2) is 6.51. The van der Waals surface area contributed by atoms with Crippen LogP contribution in [0.2, 0.25) is 0 Å². The van der Waals surface area contributed by atoms with E-state index < -0.39 is 23.1 Å². The third-order valence-electron chi connectivity index (χ3n) is 4.53. The van der Waals surface area contributed by atoms with E-state index in [4.69, 9.17) is 10.5 Å². The summed E-state index contributed by atoms with van der Waals surface area (Å²) in [6.07, 6.45) is 3.24. The number of ether oxygens (including phenoxy) is 1. The predicted octanol–water partition coefficient (Wildman–Crippen LogP) is 1.99. The van der Waals surface area contributed by atoms with Crippen molar-refractivity contribution in [3.8, 4) is 0 Å². The molecule has 0 amide bonds. The summed E-state index contributed by atoms with van der Waals surface area (Å²) in [4.78, 5) is 8.47. The topological polar surface area (TPSA) is 81.3 Å². The van der Waals surface area contributed by atoms with Gasteiger partial charge in [-0.05, 0) is 19.4 Å². The smallest absolute Gasteiger partial charge is 0.131 e. The highest BCUT2D eigenvalue weighted by Gasteiger charge is 2.44. The third kappa shape index (κ3) is 3.02. The molecule has 2 aromatic rings. The summed E-state index contributed by atoms with van der Waals surface area (Å²) < 4.78 is 33.1. The van der Waals surface area contributed by atoms with Gasteiger partial charge >= 0.3 is 0 Å². The summed E-state index contributed by atoms with van der Waals surface area (Å²) in [5.41, 5.74) is 6.69. The van der Waals surface area contributed by atoms with Crippen LogP contribution in [0.3, 0.4) is 0 Å². The molecule has 24 heavy (non-hydrogen) atoms. The number of aliphatic hydroxyl groups excluding tert-OH is 1. The minimum atomic E-state index is -1.23. The van der Waals surface area contributed by atoms with Crippen LogP contribution in [-0.2, 0) is 10.3 Å². The van der Waals surface area contributed by atoms with Crippen LogP contribution in [0.15, 0.2) is 30.6 Å². The number of hydrogen-bond donors (Lipinski definition) is 2. The average Bonchev–Trinajstić information content (AvgIpc) is 2.56. The maximum atomic E-state index is 14.2. The quantitative estimate of drug-likeness (QED) is 0.896. The highest BCUT2D eigenvalue weighted by molar-refractivity contribution is 5.29. The number of nitrogens with two attached hydrogens (primary N) is 1. The Morgan fingerprint density at radius 2 is 2.12 bits per heavy atom. The first-order chi connectivity index (χ1) is 11.4. The summed E-state index contributed by atoms with van der Waals surface area (Å²) >= 11 is 0. The minimum absolute atomic E-state index is 0.0129. The first kappa shape index (κ1) is 16.9. The molecule has 1 aromatic heterocycles. The van der Waals surface area contributed by atoms with E-state index in [9.17, 15) is 13.9 Å². The van der Waals surface area contributed by atoms with Crippen molar-refractivity contribution < 1.29 is 18.6 Å². The Kier molecular flexibility index (Phi) is 4.58. The van der Waals surface area contributed by atoms with Crippen LogP contribution in [0.5, 0.6) is 0 Å². The molecule has 3 N–H and O–H groups in total. The fourth-order valence-corrected chi connectivity index (χ4v) is 3.07. The molecule has 0 unspecified atom stereocenters. The van der Waals surface area contributed by atoms with E-state index in [0.717, 1.165) is 17.8 Å². The maximum absolute atomic E-state index is 14.2. The number of aryl methyl sites for hydroxylation is 1. The fourth-order valence-electron chi connectivity index (χ4n) is 3.07. The Labute approximate surface area is 138 Å². The van der Waals surface area contributed by atoms with Crippen LogP contribution in [0.4, 0.5) is 8.78 Å². The van der Waals surface area contributed by atoms with Crippen molar-refractivity contribution in [1.82, 2.24) is 9.97 Å². The molecule has 1 aromatic carbocycles. The predicted molar refractivity (Wildman–Crippen MR) is 82.9 cm³/mol. The van der Waals surface area contributed by atoms with Crippen molar-refractivity contribution in [1.29, 1.82) is 0 Å². The van der Waals surface area contributed by atoms with Crippen LogP contribution >= 0.6 is 0 Å². The summed E-state index contributed by atoms with van der Waals surface area (Å²) in [7, 11) is 0. The summed E-state index contributed by atoms with van der Waals surface area (Å²) in [5.74, 6) is -1.88. The lowest BCUT2D eigenvalue weighted by molar-refractivity contribution is -0.0797. The van der Waals surface area contributed by atoms with Gasteiger partial charge in [-0.2, -0.15) is 0 Å². The van der Waals surface area contributed by atoms with Crippen LogP contribution in [-0.4, -0.2) is 28.3 Å². The van der Waals surface area contributed by atoms with Gasteiger partial charge in [0.05, 0.1) is 29.7 Å². The van der Waals surface area contributed by atoms with E-state index in [1.54, 1.807) is 12.4 Å². The number of hydrogen-bond acceptors (Lipinski definition) is 5. The molecule has 1 saturated heterocycles. The van der Waals surface area contributed by atoms with Crippen LogP contribution in [0.1, 0.15) is 29.5 Å². The number of nitrogens with zero attached hydrogens (tertiary/aromatic N) is 2. The monoisotopic (exact) mass is 335 g/mol. The molecule has 128 valence electrons. The number of rotatable bonds is 3. The summed E-state index contributed by atoms with van der Waals surface area (Å²) in [6.45, 7) is 1.57. The number of aromatic nitrogens is 2. The molecule has 0 spiro atoms. The van der Waals surface area contributed by atoms with Crippen molar-refractivity contribution in [3.63, 3.8) is 0 Å². The van der Waals surface area contributed by atoms with E-state index in [0.29, 0.717) is 12.1 Å². The van der Waals surface area contributed by atoms with Crippen molar-refractivity contribution >= 4 is 0 Å². The van der Waals surface area contributed by atoms with Crippen molar-refractivity contribution in [2.75, 3.05) is 13.2 Å². The van der Waals surface area contributed by atoms with Gasteiger partial charge in [-0.3, -0.25) is 9.97 Å². The SMILES string of the molecule is Cc1cnc([C@H]2C[C@@H](CO)[C@](N)(c3ccc(F)cc3F)CO2)cn1. The summed E-state index contributed by atoms with van der Waals surface area (Å²) in [6, 6.07) is 3.25. The van der Waals surface area contributed by atoms with Gasteiger partial charge in [0, 0.05) is 30.4 Å². The van der Waals surface area contributed by atoms with E-state index in [2.05, 4.69) is 9.97 Å². The van der Waals surface area contributed by atoms with Crippen molar-refractivity contribution in [3.05, 3.63) is 59.2 Å². The molecule has 3 rings (SSSR count). The number of benzene rings is 1.